The Kier molecular flexibility index (Phi) is 6.84. The quantitative estimate of drug-likeness (QED) is 0.678. The van der Waals surface area contributed by atoms with E-state index in [1.165, 1.54) is 29.4 Å². The summed E-state index contributed by atoms with van der Waals surface area (Å²) >= 11 is 6.15. The number of hydrogen-bond donors (Lipinski definition) is 1. The predicted octanol–water partition coefficient (Wildman–Crippen LogP) is 3.04. The highest BCUT2D eigenvalue weighted by molar-refractivity contribution is 7.89. The molecule has 0 unspecified atom stereocenters. The molecule has 0 bridgehead atoms. The molecule has 1 aliphatic heterocycles. The number of rotatable bonds is 6. The lowest BCUT2D eigenvalue weighted by Crippen LogP contribution is -2.35. The average Bonchev–Trinajstić information content (AvgIpc) is 3.16. The van der Waals surface area contributed by atoms with Crippen LogP contribution >= 0.6 is 11.6 Å². The highest BCUT2D eigenvalue weighted by Gasteiger charge is 2.27. The number of anilines is 1. The third kappa shape index (κ3) is 4.85. The molecule has 162 valence electrons. The molecule has 1 atom stereocenters. The molecule has 0 aliphatic carbocycles. The number of piperidine rings is 1. The van der Waals surface area contributed by atoms with E-state index in [1.807, 2.05) is 0 Å². The first-order chi connectivity index (χ1) is 14.2. The Hall–Kier alpha value is -2.36. The van der Waals surface area contributed by atoms with Gasteiger partial charge in [-0.1, -0.05) is 18.0 Å². The Bertz CT molecular complexity index is 1040. The van der Waals surface area contributed by atoms with Gasteiger partial charge in [-0.05, 0) is 50.1 Å². The lowest BCUT2D eigenvalue weighted by Gasteiger charge is -2.26. The van der Waals surface area contributed by atoms with Crippen LogP contribution in [-0.2, 0) is 26.6 Å². The van der Waals surface area contributed by atoms with Crippen LogP contribution in [0, 0.1) is 0 Å². The number of benzene rings is 1. The summed E-state index contributed by atoms with van der Waals surface area (Å²) in [5, 5.41) is 2.74. The van der Waals surface area contributed by atoms with Crippen LogP contribution in [0.2, 0.25) is 5.02 Å². The summed E-state index contributed by atoms with van der Waals surface area (Å²) < 4.78 is 34.0. The topological polar surface area (TPSA) is 97.7 Å². The summed E-state index contributed by atoms with van der Waals surface area (Å²) in [7, 11) is -1.99. The number of hydrogen-bond acceptors (Lipinski definition) is 5. The Morgan fingerprint density at radius 2 is 1.87 bits per heavy atom. The molecule has 1 aliphatic rings. The van der Waals surface area contributed by atoms with Crippen LogP contribution in [-0.4, -0.2) is 48.4 Å². The highest BCUT2D eigenvalue weighted by atomic mass is 35.5. The summed E-state index contributed by atoms with van der Waals surface area (Å²) in [5.41, 5.74) is 0.448. The van der Waals surface area contributed by atoms with Crippen molar-refractivity contribution in [3.63, 3.8) is 0 Å². The minimum absolute atomic E-state index is 0.0533. The van der Waals surface area contributed by atoms with E-state index in [1.54, 1.807) is 29.9 Å². The lowest BCUT2D eigenvalue weighted by atomic mass is 10.2. The molecule has 30 heavy (non-hydrogen) atoms. The zero-order valence-corrected chi connectivity index (χ0v) is 18.4. The van der Waals surface area contributed by atoms with Crippen molar-refractivity contribution in [2.45, 2.75) is 37.2 Å². The molecule has 2 aromatic rings. The SMILES string of the molecule is C[C@@H](OC(=O)c1cccn1C)C(=O)Nc1cc(S(=O)(=O)N2CCCCC2)ccc1Cl. The summed E-state index contributed by atoms with van der Waals surface area (Å²) in [5.74, 6) is -1.26. The standard InChI is InChI=1S/C20H24ClN3O5S/c1-14(29-20(26)18-7-6-10-23(18)2)19(25)22-17-13-15(8-9-16(17)21)30(27,28)24-11-4-3-5-12-24/h6-10,13-14H,3-5,11-12H2,1-2H3,(H,22,25)/t14-/m1/s1. The molecule has 1 saturated heterocycles. The van der Waals surface area contributed by atoms with E-state index in [0.29, 0.717) is 18.8 Å². The van der Waals surface area contributed by atoms with E-state index < -0.39 is 28.0 Å². The smallest absolute Gasteiger partial charge is 0.355 e. The minimum atomic E-state index is -3.68. The number of sulfonamides is 1. The number of halogens is 1. The average molecular weight is 454 g/mol. The number of esters is 1. The number of amides is 1. The van der Waals surface area contributed by atoms with Gasteiger partial charge in [0.1, 0.15) is 5.69 Å². The molecular weight excluding hydrogens is 430 g/mol. The number of aromatic nitrogens is 1. The van der Waals surface area contributed by atoms with Gasteiger partial charge in [-0.25, -0.2) is 13.2 Å². The van der Waals surface area contributed by atoms with Gasteiger partial charge in [0, 0.05) is 26.3 Å². The van der Waals surface area contributed by atoms with Crippen LogP contribution in [0.3, 0.4) is 0 Å². The Balaban J connectivity index is 1.72. The zero-order chi connectivity index (χ0) is 21.9. The van der Waals surface area contributed by atoms with E-state index in [4.69, 9.17) is 16.3 Å². The summed E-state index contributed by atoms with van der Waals surface area (Å²) in [6.45, 7) is 2.37. The monoisotopic (exact) mass is 453 g/mol. The second-order valence-electron chi connectivity index (χ2n) is 7.15. The van der Waals surface area contributed by atoms with Gasteiger partial charge < -0.3 is 14.6 Å². The number of ether oxygens (including phenoxy) is 1. The van der Waals surface area contributed by atoms with Crippen molar-refractivity contribution in [3.8, 4) is 0 Å². The number of carbonyl (C=O) groups excluding carboxylic acids is 2. The summed E-state index contributed by atoms with van der Waals surface area (Å²) in [6, 6.07) is 7.44. The van der Waals surface area contributed by atoms with Gasteiger partial charge in [0.15, 0.2) is 6.10 Å². The van der Waals surface area contributed by atoms with Gasteiger partial charge in [-0.15, -0.1) is 0 Å². The third-order valence-electron chi connectivity index (χ3n) is 4.95. The Morgan fingerprint density at radius 3 is 2.50 bits per heavy atom. The van der Waals surface area contributed by atoms with E-state index in [0.717, 1.165) is 19.3 Å². The van der Waals surface area contributed by atoms with E-state index in [2.05, 4.69) is 5.32 Å². The van der Waals surface area contributed by atoms with Crippen molar-refractivity contribution < 1.29 is 22.7 Å². The second kappa shape index (κ2) is 9.20. The number of nitrogens with one attached hydrogen (secondary N) is 1. The fourth-order valence-corrected chi connectivity index (χ4v) is 4.91. The third-order valence-corrected chi connectivity index (χ3v) is 7.18. The zero-order valence-electron chi connectivity index (χ0n) is 16.8. The first-order valence-electron chi connectivity index (χ1n) is 9.63. The van der Waals surface area contributed by atoms with Gasteiger partial charge in [-0.3, -0.25) is 4.79 Å². The molecule has 0 spiro atoms. The van der Waals surface area contributed by atoms with Crippen LogP contribution in [0.4, 0.5) is 5.69 Å². The molecule has 1 amide bonds. The maximum Gasteiger partial charge on any atom is 0.355 e. The first kappa shape index (κ1) is 22.3. The van der Waals surface area contributed by atoms with Crippen LogP contribution in [0.15, 0.2) is 41.4 Å². The maximum atomic E-state index is 12.9. The van der Waals surface area contributed by atoms with Gasteiger partial charge in [0.2, 0.25) is 10.0 Å². The Labute approximate surface area is 180 Å². The van der Waals surface area contributed by atoms with E-state index >= 15 is 0 Å². The highest BCUT2D eigenvalue weighted by Crippen LogP contribution is 2.28. The molecule has 1 aromatic carbocycles. The van der Waals surface area contributed by atoms with Crippen molar-refractivity contribution in [3.05, 3.63) is 47.2 Å². The molecule has 8 nitrogen and oxygen atoms in total. The normalized spacial score (nSPS) is 16.1. The number of carbonyl (C=O) groups is 2. The fourth-order valence-electron chi connectivity index (χ4n) is 3.20. The van der Waals surface area contributed by atoms with Gasteiger partial charge in [-0.2, -0.15) is 4.31 Å². The van der Waals surface area contributed by atoms with Gasteiger partial charge >= 0.3 is 5.97 Å². The fraction of sp³-hybridized carbons (Fsp3) is 0.400. The molecule has 0 radical (unpaired) electrons. The first-order valence-corrected chi connectivity index (χ1v) is 11.4. The molecule has 2 heterocycles. The second-order valence-corrected chi connectivity index (χ2v) is 9.49. The molecule has 0 saturated carbocycles. The van der Waals surface area contributed by atoms with E-state index in [-0.39, 0.29) is 15.6 Å². The number of aryl methyl sites for hydroxylation is 1. The van der Waals surface area contributed by atoms with E-state index in [9.17, 15) is 18.0 Å². The van der Waals surface area contributed by atoms with Crippen LogP contribution in [0.5, 0.6) is 0 Å². The van der Waals surface area contributed by atoms with Crippen LogP contribution in [0.1, 0.15) is 36.7 Å². The van der Waals surface area contributed by atoms with Crippen molar-refractivity contribution >= 4 is 39.2 Å². The maximum absolute atomic E-state index is 12.9. The van der Waals surface area contributed by atoms with Crippen LogP contribution in [0.25, 0.3) is 0 Å². The van der Waals surface area contributed by atoms with Crippen LogP contribution < -0.4 is 5.32 Å². The van der Waals surface area contributed by atoms with Crippen molar-refractivity contribution in [2.75, 3.05) is 18.4 Å². The molecule has 1 aromatic heterocycles. The van der Waals surface area contributed by atoms with Crippen molar-refractivity contribution in [1.29, 1.82) is 0 Å². The molecular formula is C20H24ClN3O5S. The minimum Gasteiger partial charge on any atom is -0.448 e. The summed E-state index contributed by atoms with van der Waals surface area (Å²) in [6.07, 6.45) is 3.23. The molecule has 10 heteroatoms. The van der Waals surface area contributed by atoms with Crippen molar-refractivity contribution in [2.24, 2.45) is 7.05 Å². The van der Waals surface area contributed by atoms with Crippen molar-refractivity contribution in [1.82, 2.24) is 8.87 Å². The number of nitrogens with zero attached hydrogens (tertiary/aromatic N) is 2. The molecule has 1 N–H and O–H groups in total. The van der Waals surface area contributed by atoms with Gasteiger partial charge in [0.25, 0.3) is 5.91 Å². The predicted molar refractivity (Wildman–Crippen MR) is 113 cm³/mol. The molecule has 3 rings (SSSR count). The largest absolute Gasteiger partial charge is 0.448 e. The van der Waals surface area contributed by atoms with Gasteiger partial charge in [0.05, 0.1) is 15.6 Å². The molecule has 1 fully saturated rings. The lowest BCUT2D eigenvalue weighted by molar-refractivity contribution is -0.123. The Morgan fingerprint density at radius 1 is 1.17 bits per heavy atom. The summed E-state index contributed by atoms with van der Waals surface area (Å²) in [4.78, 5) is 24.7.